The molecule has 0 radical (unpaired) electrons. The molecule has 2 aliphatic rings. The summed E-state index contributed by atoms with van der Waals surface area (Å²) in [5, 5.41) is 3.95. The van der Waals surface area contributed by atoms with Crippen LogP contribution in [0.4, 0.5) is 0 Å². The quantitative estimate of drug-likeness (QED) is 0.640. The van der Waals surface area contributed by atoms with Gasteiger partial charge in [0.15, 0.2) is 0 Å². The molecule has 7 heteroatoms. The highest BCUT2D eigenvalue weighted by molar-refractivity contribution is 5.22. The molecular weight excluding hydrogens is 368 g/mol. The molecule has 7 nitrogen and oxygen atoms in total. The van der Waals surface area contributed by atoms with Crippen LogP contribution in [0.3, 0.4) is 0 Å². The number of rotatable bonds is 6. The number of aromatic nitrogens is 2. The van der Waals surface area contributed by atoms with Crippen molar-refractivity contribution in [3.05, 3.63) is 75.9 Å². The van der Waals surface area contributed by atoms with Crippen molar-refractivity contribution in [2.45, 2.75) is 38.5 Å². The highest BCUT2D eigenvalue weighted by Gasteiger charge is 2.35. The smallest absolute Gasteiger partial charge is 0.255 e. The van der Waals surface area contributed by atoms with Crippen molar-refractivity contribution in [1.29, 1.82) is 0 Å². The lowest BCUT2D eigenvalue weighted by molar-refractivity contribution is 0.107. The summed E-state index contributed by atoms with van der Waals surface area (Å²) in [7, 11) is 2.00. The summed E-state index contributed by atoms with van der Waals surface area (Å²) >= 11 is 0. The van der Waals surface area contributed by atoms with Gasteiger partial charge in [0, 0.05) is 56.0 Å². The second kappa shape index (κ2) is 7.65. The van der Waals surface area contributed by atoms with Crippen LogP contribution in [0.2, 0.25) is 0 Å². The first-order valence-electron chi connectivity index (χ1n) is 10.2. The largest absolute Gasteiger partial charge is 0.468 e. The minimum atomic E-state index is 0.156. The van der Waals surface area contributed by atoms with E-state index >= 15 is 0 Å². The fraction of sp³-hybridized carbons (Fsp3) is 0.455. The van der Waals surface area contributed by atoms with Crippen LogP contribution < -0.4 is 5.56 Å². The maximum atomic E-state index is 13.2. The average molecular weight is 394 g/mol. The first-order valence-corrected chi connectivity index (χ1v) is 10.2. The van der Waals surface area contributed by atoms with Crippen molar-refractivity contribution < 1.29 is 8.94 Å². The Balaban J connectivity index is 1.32. The SMILES string of the molecule is CN(Cc1ccon1)Cc1ccc2n(c1=O)C[C@H]1C[C@@H]2CN(Cc2ccco2)C1. The molecule has 3 aromatic heterocycles. The van der Waals surface area contributed by atoms with Crippen molar-refractivity contribution in [3.8, 4) is 0 Å². The van der Waals surface area contributed by atoms with Crippen LogP contribution in [-0.2, 0) is 26.2 Å². The molecule has 3 aromatic rings. The molecule has 1 saturated heterocycles. The molecule has 2 atom stereocenters. The molecular formula is C22H26N4O3. The van der Waals surface area contributed by atoms with E-state index < -0.39 is 0 Å². The normalized spacial score (nSPS) is 21.4. The topological polar surface area (TPSA) is 67.7 Å². The number of piperidine rings is 1. The summed E-state index contributed by atoms with van der Waals surface area (Å²) in [6.07, 6.45) is 4.47. The molecule has 0 N–H and O–H groups in total. The summed E-state index contributed by atoms with van der Waals surface area (Å²) in [5.41, 5.74) is 3.05. The summed E-state index contributed by atoms with van der Waals surface area (Å²) in [5.74, 6) is 1.93. The Morgan fingerprint density at radius 3 is 2.86 bits per heavy atom. The molecule has 0 aliphatic carbocycles. The fourth-order valence-corrected chi connectivity index (χ4v) is 4.90. The molecule has 0 saturated carbocycles. The molecule has 152 valence electrons. The predicted octanol–water partition coefficient (Wildman–Crippen LogP) is 2.68. The number of fused-ring (bicyclic) bond motifs is 4. The lowest BCUT2D eigenvalue weighted by Crippen LogP contribution is -2.47. The Morgan fingerprint density at radius 1 is 1.14 bits per heavy atom. The van der Waals surface area contributed by atoms with E-state index in [0.717, 1.165) is 43.2 Å². The highest BCUT2D eigenvalue weighted by atomic mass is 16.5. The molecule has 2 bridgehead atoms. The molecule has 0 aromatic carbocycles. The molecule has 5 rings (SSSR count). The van der Waals surface area contributed by atoms with Crippen molar-refractivity contribution in [2.75, 3.05) is 20.1 Å². The molecule has 5 heterocycles. The second-order valence-electron chi connectivity index (χ2n) is 8.43. The summed E-state index contributed by atoms with van der Waals surface area (Å²) in [4.78, 5) is 17.8. The van der Waals surface area contributed by atoms with E-state index in [1.807, 2.05) is 35.9 Å². The van der Waals surface area contributed by atoms with Gasteiger partial charge in [0.05, 0.1) is 18.5 Å². The monoisotopic (exact) mass is 394 g/mol. The number of hydrogen-bond donors (Lipinski definition) is 0. The van der Waals surface area contributed by atoms with Gasteiger partial charge in [-0.15, -0.1) is 0 Å². The van der Waals surface area contributed by atoms with Gasteiger partial charge in [-0.2, -0.15) is 0 Å². The minimum absolute atomic E-state index is 0.156. The van der Waals surface area contributed by atoms with Crippen LogP contribution in [0, 0.1) is 5.92 Å². The number of furan rings is 1. The van der Waals surface area contributed by atoms with E-state index in [1.165, 1.54) is 12.1 Å². The lowest BCUT2D eigenvalue weighted by Gasteiger charge is -2.42. The van der Waals surface area contributed by atoms with Gasteiger partial charge >= 0.3 is 0 Å². The van der Waals surface area contributed by atoms with Crippen LogP contribution in [0.5, 0.6) is 0 Å². The van der Waals surface area contributed by atoms with Gasteiger partial charge in [-0.3, -0.25) is 14.6 Å². The van der Waals surface area contributed by atoms with Crippen molar-refractivity contribution in [2.24, 2.45) is 5.92 Å². The van der Waals surface area contributed by atoms with E-state index in [9.17, 15) is 4.79 Å². The van der Waals surface area contributed by atoms with Crippen LogP contribution in [0.15, 0.2) is 56.6 Å². The number of nitrogens with zero attached hydrogens (tertiary/aromatic N) is 4. The number of pyridine rings is 1. The third-order valence-electron chi connectivity index (χ3n) is 6.08. The number of likely N-dealkylation sites (tertiary alicyclic amines) is 1. The minimum Gasteiger partial charge on any atom is -0.468 e. The summed E-state index contributed by atoms with van der Waals surface area (Å²) in [6, 6.07) is 10.0. The van der Waals surface area contributed by atoms with Crippen molar-refractivity contribution >= 4 is 0 Å². The molecule has 0 unspecified atom stereocenters. The van der Waals surface area contributed by atoms with E-state index in [1.54, 1.807) is 12.5 Å². The maximum Gasteiger partial charge on any atom is 0.255 e. The standard InChI is InChI=1S/C22H26N4O3/c1-24(14-19-6-8-29-23-19)12-17-4-5-21-18-9-16(11-26(21)22(17)27)10-25(13-18)15-20-3-2-7-28-20/h2-8,16,18H,9-15H2,1H3/t16-,18+/m0/s1. The fourth-order valence-electron chi connectivity index (χ4n) is 4.90. The van der Waals surface area contributed by atoms with Gasteiger partial charge in [0.1, 0.15) is 12.0 Å². The zero-order valence-electron chi connectivity index (χ0n) is 16.7. The van der Waals surface area contributed by atoms with E-state index in [2.05, 4.69) is 21.0 Å². The third-order valence-corrected chi connectivity index (χ3v) is 6.08. The van der Waals surface area contributed by atoms with Crippen molar-refractivity contribution in [3.63, 3.8) is 0 Å². The van der Waals surface area contributed by atoms with Crippen LogP contribution >= 0.6 is 0 Å². The first-order chi connectivity index (χ1) is 14.2. The Morgan fingerprint density at radius 2 is 2.07 bits per heavy atom. The van der Waals surface area contributed by atoms with Gasteiger partial charge in [0.25, 0.3) is 5.56 Å². The Labute approximate surface area is 169 Å². The highest BCUT2D eigenvalue weighted by Crippen LogP contribution is 2.35. The molecule has 0 amide bonds. The molecule has 1 fully saturated rings. The molecule has 29 heavy (non-hydrogen) atoms. The van der Waals surface area contributed by atoms with Gasteiger partial charge in [-0.05, 0) is 37.6 Å². The first kappa shape index (κ1) is 18.4. The van der Waals surface area contributed by atoms with Crippen molar-refractivity contribution in [1.82, 2.24) is 19.5 Å². The zero-order chi connectivity index (χ0) is 19.8. The van der Waals surface area contributed by atoms with Gasteiger partial charge in [-0.25, -0.2) is 0 Å². The maximum absolute atomic E-state index is 13.2. The van der Waals surface area contributed by atoms with Gasteiger partial charge < -0.3 is 13.5 Å². The third kappa shape index (κ3) is 3.80. The van der Waals surface area contributed by atoms with Crippen LogP contribution in [0.25, 0.3) is 0 Å². The van der Waals surface area contributed by atoms with Gasteiger partial charge in [-0.1, -0.05) is 11.2 Å². The predicted molar refractivity (Wildman–Crippen MR) is 107 cm³/mol. The zero-order valence-corrected chi connectivity index (χ0v) is 16.7. The summed E-state index contributed by atoms with van der Waals surface area (Å²) in [6.45, 7) is 4.90. The van der Waals surface area contributed by atoms with Crippen LogP contribution in [-0.4, -0.2) is 39.7 Å². The second-order valence-corrected chi connectivity index (χ2v) is 8.43. The Hall–Kier alpha value is -2.64. The summed E-state index contributed by atoms with van der Waals surface area (Å²) < 4.78 is 12.5. The molecule has 0 spiro atoms. The van der Waals surface area contributed by atoms with E-state index in [0.29, 0.717) is 24.9 Å². The average Bonchev–Trinajstić information content (AvgIpc) is 3.39. The van der Waals surface area contributed by atoms with E-state index in [4.69, 9.17) is 8.94 Å². The lowest BCUT2D eigenvalue weighted by atomic mass is 9.83. The molecule has 2 aliphatic heterocycles. The van der Waals surface area contributed by atoms with Gasteiger partial charge in [0.2, 0.25) is 0 Å². The Bertz CT molecular complexity index is 1010. The number of hydrogen-bond acceptors (Lipinski definition) is 6. The van der Waals surface area contributed by atoms with E-state index in [-0.39, 0.29) is 5.56 Å². The van der Waals surface area contributed by atoms with Crippen LogP contribution in [0.1, 0.15) is 35.1 Å². The Kier molecular flexibility index (Phi) is 4.85.